The number of carboxylic acids is 2. The van der Waals surface area contributed by atoms with E-state index in [4.69, 9.17) is 0 Å². The summed E-state index contributed by atoms with van der Waals surface area (Å²) in [5.74, 6) is -8.84. The Morgan fingerprint density at radius 1 is 0.492 bits per heavy atom. The predicted molar refractivity (Wildman–Crippen MR) is 202 cm³/mol. The number of Topliss-reactive ketones (excluding diaryl/α,β-unsaturated/α-hetero) is 2. The number of hydrogen-bond acceptors (Lipinski definition) is 19. The first kappa shape index (κ1) is 55.3. The van der Waals surface area contributed by atoms with Crippen LogP contribution in [0.5, 0.6) is 0 Å². The van der Waals surface area contributed by atoms with Crippen molar-refractivity contribution in [1.82, 2.24) is 0 Å². The first-order valence-corrected chi connectivity index (χ1v) is 19.0. The molecule has 0 heterocycles. The molecule has 6 rings (SSSR count). The number of carboxylic acid groups (broad SMARTS) is 2. The van der Waals surface area contributed by atoms with Crippen LogP contribution in [0.15, 0.2) is 105 Å². The molecule has 300 valence electrons. The molecule has 2 amide bonds. The molecular formula is C36H21N7Na4O14S2. The molecule has 0 saturated heterocycles. The molecule has 0 fully saturated rings. The summed E-state index contributed by atoms with van der Waals surface area (Å²) in [6, 6.07) is 18.6. The molecule has 27 heteroatoms. The molecule has 0 aromatic heterocycles. The van der Waals surface area contributed by atoms with Crippen LogP contribution in [0.2, 0.25) is 0 Å². The van der Waals surface area contributed by atoms with Gasteiger partial charge < -0.3 is 44.9 Å². The van der Waals surface area contributed by atoms with Gasteiger partial charge in [0.25, 0.3) is 11.8 Å². The van der Waals surface area contributed by atoms with Crippen molar-refractivity contribution >= 4 is 113 Å². The Hall–Kier alpha value is -3.86. The van der Waals surface area contributed by atoms with E-state index < -0.39 is 76.8 Å². The van der Waals surface area contributed by atoms with Crippen molar-refractivity contribution in [3.8, 4) is 0 Å². The van der Waals surface area contributed by atoms with Crippen LogP contribution >= 0.6 is 0 Å². The van der Waals surface area contributed by atoms with Gasteiger partial charge >= 0.3 is 118 Å². The first-order chi connectivity index (χ1) is 27.8. The van der Waals surface area contributed by atoms with Crippen molar-refractivity contribution in [2.45, 2.75) is 0 Å². The standard InChI is InChI=1S/C36H25N7O14S2.4Na/c44-31-25-9-7-21(11-17(25)13-27(58(52,53)54)29(31)42-40-23-5-1-3-19(15-23)38-33(46)35(48)49)37-22-8-10-26-18(12-22)14-28(59(55,56)57)30(32(26)45)43-41-24-6-2-4-20(16-24)39-34(47)36(50)51;;;;/h1-16,37,40-41H,(H,38,46)(H,39,47)(H,48,49)(H,50,51)(H,52,53,54)(H,55,56,57);;;;/q;4*+1/p-4/b42-29-,43-30+;;;;. The van der Waals surface area contributed by atoms with Gasteiger partial charge in [-0.25, -0.2) is 16.8 Å². The van der Waals surface area contributed by atoms with E-state index in [2.05, 4.69) is 26.4 Å². The fourth-order valence-electron chi connectivity index (χ4n) is 5.53. The molecule has 63 heavy (non-hydrogen) atoms. The van der Waals surface area contributed by atoms with Crippen LogP contribution in [0.25, 0.3) is 12.2 Å². The monoisotopic (exact) mass is 931 g/mol. The van der Waals surface area contributed by atoms with Crippen LogP contribution in [0.3, 0.4) is 0 Å². The van der Waals surface area contributed by atoms with Crippen LogP contribution < -0.4 is 155 Å². The van der Waals surface area contributed by atoms with E-state index in [-0.39, 0.29) is 175 Å². The van der Waals surface area contributed by atoms with Crippen molar-refractivity contribution in [3.05, 3.63) is 117 Å². The molecule has 0 radical (unpaired) electrons. The van der Waals surface area contributed by atoms with Gasteiger partial charge in [-0.3, -0.25) is 30.0 Å². The van der Waals surface area contributed by atoms with E-state index in [0.29, 0.717) is 0 Å². The fourth-order valence-corrected chi connectivity index (χ4v) is 6.82. The summed E-state index contributed by atoms with van der Waals surface area (Å²) >= 11 is 0. The third kappa shape index (κ3) is 13.6. The Kier molecular flexibility index (Phi) is 20.0. The zero-order valence-corrected chi connectivity index (χ0v) is 42.8. The minimum absolute atomic E-state index is 0. The average Bonchev–Trinajstić information content (AvgIpc) is 3.16. The number of nitrogens with one attached hydrogen (secondary N) is 5. The number of fused-ring (bicyclic) bond motifs is 2. The maximum atomic E-state index is 13.5. The summed E-state index contributed by atoms with van der Waals surface area (Å²) in [7, 11) is -10.6. The summed E-state index contributed by atoms with van der Waals surface area (Å²) in [5.41, 5.74) is 3.58. The number of rotatable bonds is 10. The number of hydrazone groups is 2. The number of anilines is 6. The molecule has 0 saturated carbocycles. The molecular weight excluding hydrogens is 911 g/mol. The normalized spacial score (nSPS) is 14.0. The van der Waals surface area contributed by atoms with Crippen molar-refractivity contribution in [2.75, 3.05) is 26.8 Å². The third-order valence-corrected chi connectivity index (χ3v) is 9.79. The summed E-state index contributed by atoms with van der Waals surface area (Å²) < 4.78 is 73.7. The topological polar surface area (TPSA) is 348 Å². The molecule has 0 atom stereocenters. The number of carbonyl (C=O) groups is 6. The Morgan fingerprint density at radius 2 is 0.841 bits per heavy atom. The van der Waals surface area contributed by atoms with Gasteiger partial charge in [-0.05, 0) is 96.1 Å². The van der Waals surface area contributed by atoms with Gasteiger partial charge in [0, 0.05) is 33.9 Å². The number of amides is 2. The molecule has 0 aliphatic heterocycles. The van der Waals surface area contributed by atoms with Crippen molar-refractivity contribution in [3.63, 3.8) is 0 Å². The molecule has 2 aliphatic carbocycles. The molecule has 2 aliphatic rings. The second kappa shape index (κ2) is 22.9. The maximum absolute atomic E-state index is 13.5. The number of carbonyl (C=O) groups excluding carboxylic acids is 6. The SMILES string of the molecule is O=C([O-])C(=O)Nc1cccc(N/N=C2/C(=O)c3ccc(Nc4ccc5c(c4)C=C(S(=O)(=O)[O-])/C(=N/Nc4cccc(NC(=O)C(=O)[O-])c4)C5=O)cc3C=C2S(=O)(=O)[O-])c1.[Na+].[Na+].[Na+].[Na+]. The Balaban J connectivity index is 0.00000341. The van der Waals surface area contributed by atoms with Gasteiger partial charge in [-0.1, -0.05) is 12.1 Å². The number of ketones is 2. The van der Waals surface area contributed by atoms with E-state index in [0.717, 1.165) is 12.2 Å². The van der Waals surface area contributed by atoms with E-state index in [9.17, 15) is 64.9 Å². The van der Waals surface area contributed by atoms with Crippen LogP contribution in [0.1, 0.15) is 31.8 Å². The summed E-state index contributed by atoms with van der Waals surface area (Å²) in [6.07, 6.45) is 1.82. The largest absolute Gasteiger partial charge is 1.00 e. The minimum Gasteiger partial charge on any atom is -0.744 e. The molecule has 21 nitrogen and oxygen atoms in total. The summed E-state index contributed by atoms with van der Waals surface area (Å²) in [6.45, 7) is 0. The number of aliphatic carboxylic acids is 2. The van der Waals surface area contributed by atoms with Crippen LogP contribution in [0.4, 0.5) is 34.1 Å². The van der Waals surface area contributed by atoms with E-state index in [1.807, 2.05) is 10.6 Å². The Morgan fingerprint density at radius 3 is 1.17 bits per heavy atom. The van der Waals surface area contributed by atoms with Gasteiger partial charge in [0.1, 0.15) is 43.6 Å². The second-order valence-corrected chi connectivity index (χ2v) is 14.8. The molecule has 0 bridgehead atoms. The average molecular weight is 932 g/mol. The molecule has 0 unspecified atom stereocenters. The maximum Gasteiger partial charge on any atom is 1.00 e. The van der Waals surface area contributed by atoms with Gasteiger partial charge in [0.05, 0.1) is 21.2 Å². The number of hydrogen-bond donors (Lipinski definition) is 5. The van der Waals surface area contributed by atoms with Gasteiger partial charge in [-0.2, -0.15) is 10.2 Å². The van der Waals surface area contributed by atoms with Crippen molar-refractivity contribution in [2.24, 2.45) is 10.2 Å². The molecule has 0 spiro atoms. The fraction of sp³-hybridized carbons (Fsp3) is 0. The Bertz CT molecular complexity index is 2730. The quantitative estimate of drug-likeness (QED) is 0.0427. The number of benzene rings is 4. The summed E-state index contributed by atoms with van der Waals surface area (Å²) in [5, 5.41) is 36.1. The van der Waals surface area contributed by atoms with E-state index in [1.165, 1.54) is 84.9 Å². The predicted octanol–water partition coefficient (Wildman–Crippen LogP) is -12.1. The van der Waals surface area contributed by atoms with Gasteiger partial charge in [-0.15, -0.1) is 0 Å². The summed E-state index contributed by atoms with van der Waals surface area (Å²) in [4.78, 5) is 69.3. The van der Waals surface area contributed by atoms with Crippen molar-refractivity contribution in [1.29, 1.82) is 0 Å². The molecule has 4 aromatic carbocycles. The van der Waals surface area contributed by atoms with Crippen LogP contribution in [-0.2, 0) is 39.4 Å². The zero-order chi connectivity index (χ0) is 42.8. The molecule has 5 N–H and O–H groups in total. The molecule has 4 aromatic rings. The Labute approximate surface area is 445 Å². The van der Waals surface area contributed by atoms with E-state index in [1.54, 1.807) is 0 Å². The second-order valence-electron chi connectivity index (χ2n) is 12.1. The third-order valence-electron chi connectivity index (χ3n) is 8.10. The smallest absolute Gasteiger partial charge is 0.744 e. The van der Waals surface area contributed by atoms with E-state index >= 15 is 0 Å². The number of allylic oxidation sites excluding steroid dienone is 2. The van der Waals surface area contributed by atoms with Crippen molar-refractivity contribution < 1.29 is 183 Å². The first-order valence-electron chi connectivity index (χ1n) is 16.2. The number of nitrogens with zero attached hydrogens (tertiary/aromatic N) is 2. The van der Waals surface area contributed by atoms with Gasteiger partial charge in [0.15, 0.2) is 0 Å². The van der Waals surface area contributed by atoms with Crippen LogP contribution in [0, 0.1) is 0 Å². The van der Waals surface area contributed by atoms with Crippen LogP contribution in [-0.4, -0.2) is 72.7 Å². The zero-order valence-electron chi connectivity index (χ0n) is 33.2. The minimum atomic E-state index is -5.32. The van der Waals surface area contributed by atoms with Gasteiger partial charge in [0.2, 0.25) is 11.6 Å².